The van der Waals surface area contributed by atoms with Crippen molar-refractivity contribution >= 4 is 11.0 Å². The average Bonchev–Trinajstić information content (AvgIpc) is 2.83. The summed E-state index contributed by atoms with van der Waals surface area (Å²) in [7, 11) is 1.59. The molecule has 0 unspecified atom stereocenters. The van der Waals surface area contributed by atoms with Crippen molar-refractivity contribution < 1.29 is 14.3 Å². The molecule has 0 aliphatic rings. The molecular formula is C27H27NO4. The topological polar surface area (TPSA) is 62.9 Å². The number of hydrogen-bond donors (Lipinski definition) is 1. The van der Waals surface area contributed by atoms with Crippen LogP contribution in [0.25, 0.3) is 11.0 Å². The van der Waals surface area contributed by atoms with E-state index in [2.05, 4.69) is 29.2 Å². The minimum atomic E-state index is -0.390. The second-order valence-corrected chi connectivity index (χ2v) is 7.72. The number of ether oxygens (including phenoxy) is 1. The molecular weight excluding hydrogens is 402 g/mol. The van der Waals surface area contributed by atoms with Gasteiger partial charge in [-0.3, -0.25) is 4.90 Å². The number of aliphatic hydroxyl groups is 1. The third-order valence-corrected chi connectivity index (χ3v) is 5.61. The normalized spacial score (nSPS) is 11.4. The Kier molecular flexibility index (Phi) is 7.00. The number of benzene rings is 3. The third-order valence-electron chi connectivity index (χ3n) is 5.61. The number of nitrogens with zero attached hydrogens (tertiary/aromatic N) is 1. The summed E-state index contributed by atoms with van der Waals surface area (Å²) in [4.78, 5) is 14.6. The third kappa shape index (κ3) is 4.90. The minimum absolute atomic E-state index is 0.0236. The Morgan fingerprint density at radius 2 is 1.59 bits per heavy atom. The van der Waals surface area contributed by atoms with Crippen LogP contribution in [0.4, 0.5) is 0 Å². The number of fused-ring (bicyclic) bond motifs is 1. The molecule has 5 nitrogen and oxygen atoms in total. The van der Waals surface area contributed by atoms with Gasteiger partial charge in [0.25, 0.3) is 0 Å². The lowest BCUT2D eigenvalue weighted by atomic mass is 9.96. The molecule has 1 heterocycles. The average molecular weight is 430 g/mol. The van der Waals surface area contributed by atoms with Crippen molar-refractivity contribution in [3.05, 3.63) is 112 Å². The Bertz CT molecular complexity index is 1170. The van der Waals surface area contributed by atoms with Crippen LogP contribution in [0.1, 0.15) is 29.2 Å². The number of rotatable bonds is 9. The summed E-state index contributed by atoms with van der Waals surface area (Å²) in [6.07, 6.45) is 0.628. The molecule has 4 rings (SSSR count). The Balaban J connectivity index is 1.80. The van der Waals surface area contributed by atoms with Gasteiger partial charge < -0.3 is 14.3 Å². The molecule has 0 bridgehead atoms. The van der Waals surface area contributed by atoms with Gasteiger partial charge in [0.1, 0.15) is 11.3 Å². The molecule has 0 aliphatic carbocycles. The van der Waals surface area contributed by atoms with E-state index in [0.29, 0.717) is 30.8 Å². The monoisotopic (exact) mass is 429 g/mol. The van der Waals surface area contributed by atoms with Crippen molar-refractivity contribution in [3.63, 3.8) is 0 Å². The Labute approximate surface area is 187 Å². The second kappa shape index (κ2) is 10.3. The first-order chi connectivity index (χ1) is 15.7. The Hall–Kier alpha value is -3.41. The molecule has 0 radical (unpaired) electrons. The molecule has 0 saturated carbocycles. The highest BCUT2D eigenvalue weighted by Gasteiger charge is 2.23. The van der Waals surface area contributed by atoms with Crippen LogP contribution in [0, 0.1) is 0 Å². The lowest BCUT2D eigenvalue weighted by molar-refractivity contribution is 0.187. The maximum atomic E-state index is 12.3. The lowest BCUT2D eigenvalue weighted by Gasteiger charge is -2.33. The molecule has 4 aromatic rings. The largest absolute Gasteiger partial charge is 0.497 e. The van der Waals surface area contributed by atoms with Crippen molar-refractivity contribution in [2.45, 2.75) is 19.0 Å². The van der Waals surface area contributed by atoms with Crippen LogP contribution in [0.5, 0.6) is 5.75 Å². The van der Waals surface area contributed by atoms with Crippen LogP contribution in [0.3, 0.4) is 0 Å². The molecule has 1 aromatic heterocycles. The Morgan fingerprint density at radius 3 is 2.19 bits per heavy atom. The predicted octanol–water partition coefficient (Wildman–Crippen LogP) is 4.78. The molecule has 0 amide bonds. The van der Waals surface area contributed by atoms with E-state index < -0.39 is 0 Å². The van der Waals surface area contributed by atoms with Crippen LogP contribution in [-0.4, -0.2) is 30.3 Å². The quantitative estimate of drug-likeness (QED) is 0.388. The molecule has 0 saturated heterocycles. The first-order valence-corrected chi connectivity index (χ1v) is 10.7. The van der Waals surface area contributed by atoms with Gasteiger partial charge in [-0.2, -0.15) is 0 Å². The van der Waals surface area contributed by atoms with Gasteiger partial charge >= 0.3 is 5.63 Å². The van der Waals surface area contributed by atoms with E-state index in [4.69, 9.17) is 9.15 Å². The van der Waals surface area contributed by atoms with Crippen molar-refractivity contribution in [2.75, 3.05) is 20.3 Å². The molecule has 0 atom stereocenters. The highest BCUT2D eigenvalue weighted by molar-refractivity contribution is 5.81. The molecule has 0 fully saturated rings. The Morgan fingerprint density at radius 1 is 0.938 bits per heavy atom. The molecule has 0 spiro atoms. The summed E-state index contributed by atoms with van der Waals surface area (Å²) in [5.74, 6) is 0.640. The number of methoxy groups -OCH3 is 1. The summed E-state index contributed by atoms with van der Waals surface area (Å²) in [5.41, 5.74) is 3.31. The van der Waals surface area contributed by atoms with Crippen LogP contribution < -0.4 is 10.4 Å². The minimum Gasteiger partial charge on any atom is -0.497 e. The SMILES string of the molecule is COc1ccc2c(CN(CCCO)C(c3ccccc3)c3ccccc3)cc(=O)oc2c1. The molecule has 164 valence electrons. The fourth-order valence-corrected chi connectivity index (χ4v) is 4.14. The highest BCUT2D eigenvalue weighted by Crippen LogP contribution is 2.32. The van der Waals surface area contributed by atoms with Gasteiger partial charge in [0, 0.05) is 37.2 Å². The smallest absolute Gasteiger partial charge is 0.336 e. The van der Waals surface area contributed by atoms with Gasteiger partial charge in [0.2, 0.25) is 0 Å². The number of aliphatic hydroxyl groups excluding tert-OH is 1. The predicted molar refractivity (Wildman–Crippen MR) is 126 cm³/mol. The summed E-state index contributed by atoms with van der Waals surface area (Å²) in [6.45, 7) is 1.30. The van der Waals surface area contributed by atoms with E-state index in [1.165, 1.54) is 0 Å². The summed E-state index contributed by atoms with van der Waals surface area (Å²) < 4.78 is 10.7. The van der Waals surface area contributed by atoms with Crippen LogP contribution in [-0.2, 0) is 6.54 Å². The van der Waals surface area contributed by atoms with E-state index in [9.17, 15) is 9.90 Å². The molecule has 0 aliphatic heterocycles. The maximum Gasteiger partial charge on any atom is 0.336 e. The van der Waals surface area contributed by atoms with Crippen molar-refractivity contribution in [1.82, 2.24) is 4.90 Å². The van der Waals surface area contributed by atoms with Crippen LogP contribution in [0.15, 0.2) is 94.1 Å². The molecule has 5 heteroatoms. The molecule has 3 aromatic carbocycles. The van der Waals surface area contributed by atoms with Gasteiger partial charge in [-0.05, 0) is 35.2 Å². The zero-order chi connectivity index (χ0) is 22.3. The van der Waals surface area contributed by atoms with E-state index in [1.807, 2.05) is 48.5 Å². The molecule has 32 heavy (non-hydrogen) atoms. The number of hydrogen-bond acceptors (Lipinski definition) is 5. The van der Waals surface area contributed by atoms with Gasteiger partial charge in [0.15, 0.2) is 0 Å². The van der Waals surface area contributed by atoms with Crippen LogP contribution in [0.2, 0.25) is 0 Å². The summed E-state index contributed by atoms with van der Waals surface area (Å²) in [5, 5.41) is 10.4. The fraction of sp³-hybridized carbons (Fsp3) is 0.222. The van der Waals surface area contributed by atoms with E-state index >= 15 is 0 Å². The van der Waals surface area contributed by atoms with Gasteiger partial charge in [-0.25, -0.2) is 4.79 Å². The van der Waals surface area contributed by atoms with Crippen molar-refractivity contribution in [3.8, 4) is 5.75 Å². The van der Waals surface area contributed by atoms with Gasteiger partial charge in [-0.1, -0.05) is 60.7 Å². The maximum absolute atomic E-state index is 12.3. The molecule has 1 N–H and O–H groups in total. The van der Waals surface area contributed by atoms with E-state index in [0.717, 1.165) is 22.1 Å². The van der Waals surface area contributed by atoms with Crippen molar-refractivity contribution in [1.29, 1.82) is 0 Å². The van der Waals surface area contributed by atoms with Crippen molar-refractivity contribution in [2.24, 2.45) is 0 Å². The zero-order valence-corrected chi connectivity index (χ0v) is 18.1. The van der Waals surface area contributed by atoms with Gasteiger partial charge in [0.05, 0.1) is 13.2 Å². The highest BCUT2D eigenvalue weighted by atomic mass is 16.5. The van der Waals surface area contributed by atoms with Crippen LogP contribution >= 0.6 is 0 Å². The summed E-state index contributed by atoms with van der Waals surface area (Å²) in [6, 6.07) is 27.7. The first kappa shape index (κ1) is 21.8. The first-order valence-electron chi connectivity index (χ1n) is 10.7. The van der Waals surface area contributed by atoms with E-state index in [-0.39, 0.29) is 18.3 Å². The zero-order valence-electron chi connectivity index (χ0n) is 18.1. The summed E-state index contributed by atoms with van der Waals surface area (Å²) >= 11 is 0. The standard InChI is InChI=1S/C27H27NO4/c1-31-23-13-14-24-22(17-26(30)32-25(24)18-23)19-28(15-8-16-29)27(20-9-4-2-5-10-20)21-11-6-3-7-12-21/h2-7,9-14,17-18,27,29H,8,15-16,19H2,1H3. The second-order valence-electron chi connectivity index (χ2n) is 7.72. The van der Waals surface area contributed by atoms with Gasteiger partial charge in [-0.15, -0.1) is 0 Å². The van der Waals surface area contributed by atoms with E-state index in [1.54, 1.807) is 19.2 Å². The fourth-order valence-electron chi connectivity index (χ4n) is 4.14. The lowest BCUT2D eigenvalue weighted by Crippen LogP contribution is -2.31.